The smallest absolute Gasteiger partial charge is 0.273 e. The highest BCUT2D eigenvalue weighted by Crippen LogP contribution is 2.28. The van der Waals surface area contributed by atoms with E-state index in [0.29, 0.717) is 41.6 Å². The van der Waals surface area contributed by atoms with Crippen molar-refractivity contribution in [2.45, 2.75) is 34.2 Å². The number of carbonyl (C=O) groups is 2. The van der Waals surface area contributed by atoms with Crippen molar-refractivity contribution in [2.75, 3.05) is 11.9 Å². The number of carbonyl (C=O) groups excluding carboxylic acids is 2. The Balaban J connectivity index is 1.74. The highest BCUT2D eigenvalue weighted by molar-refractivity contribution is 6.11. The summed E-state index contributed by atoms with van der Waals surface area (Å²) in [6.07, 6.45) is 1.68. The molecule has 2 aromatic heterocycles. The zero-order valence-electron chi connectivity index (χ0n) is 20.4. The van der Waals surface area contributed by atoms with E-state index in [-0.39, 0.29) is 17.5 Å². The number of rotatable bonds is 8. The van der Waals surface area contributed by atoms with Gasteiger partial charge in [0, 0.05) is 24.8 Å². The number of nitrogens with zero attached hydrogens (tertiary/aromatic N) is 4. The minimum absolute atomic E-state index is 0.190. The Hall–Kier alpha value is -4.20. The Morgan fingerprint density at radius 1 is 0.943 bits per heavy atom. The van der Waals surface area contributed by atoms with Gasteiger partial charge in [0.15, 0.2) is 5.69 Å². The molecule has 0 aliphatic rings. The maximum absolute atomic E-state index is 13.7. The van der Waals surface area contributed by atoms with E-state index in [1.165, 1.54) is 0 Å². The fourth-order valence-corrected chi connectivity index (χ4v) is 3.80. The number of aryl methyl sites for hydroxylation is 1. The van der Waals surface area contributed by atoms with Crippen molar-refractivity contribution in [1.29, 1.82) is 0 Å². The van der Waals surface area contributed by atoms with Crippen LogP contribution in [0.1, 0.15) is 47.3 Å². The number of nitrogens with one attached hydrogen (secondary N) is 2. The van der Waals surface area contributed by atoms with Crippen molar-refractivity contribution in [1.82, 2.24) is 24.9 Å². The van der Waals surface area contributed by atoms with Crippen LogP contribution in [0.2, 0.25) is 0 Å². The fourth-order valence-electron chi connectivity index (χ4n) is 3.80. The molecule has 0 spiro atoms. The molecule has 0 bridgehead atoms. The van der Waals surface area contributed by atoms with E-state index in [0.717, 1.165) is 11.3 Å². The molecular formula is C27H30N6O2. The summed E-state index contributed by atoms with van der Waals surface area (Å²) < 4.78 is 3.40. The molecule has 8 nitrogen and oxygen atoms in total. The maximum atomic E-state index is 13.7. The van der Waals surface area contributed by atoms with Crippen LogP contribution in [-0.2, 0) is 6.54 Å². The maximum Gasteiger partial charge on any atom is 0.273 e. The number of para-hydroxylation sites is 1. The summed E-state index contributed by atoms with van der Waals surface area (Å²) in [6, 6.07) is 19.3. The lowest BCUT2D eigenvalue weighted by Crippen LogP contribution is -2.29. The molecule has 4 aromatic rings. The van der Waals surface area contributed by atoms with Crippen LogP contribution in [-0.4, -0.2) is 37.9 Å². The highest BCUT2D eigenvalue weighted by Gasteiger charge is 2.26. The van der Waals surface area contributed by atoms with Gasteiger partial charge in [-0.1, -0.05) is 62.4 Å². The number of anilines is 1. The largest absolute Gasteiger partial charge is 0.350 e. The first kappa shape index (κ1) is 23.9. The van der Waals surface area contributed by atoms with E-state index in [1.54, 1.807) is 15.6 Å². The van der Waals surface area contributed by atoms with Gasteiger partial charge < -0.3 is 10.6 Å². The second-order valence-electron chi connectivity index (χ2n) is 8.73. The Bertz CT molecular complexity index is 1320. The normalized spacial score (nSPS) is 11.0. The third-order valence-electron chi connectivity index (χ3n) is 5.61. The van der Waals surface area contributed by atoms with Crippen LogP contribution >= 0.6 is 0 Å². The lowest BCUT2D eigenvalue weighted by molar-refractivity contribution is 0.0944. The summed E-state index contributed by atoms with van der Waals surface area (Å²) in [5, 5.41) is 15.0. The molecule has 0 radical (unpaired) electrons. The number of aromatic nitrogens is 4. The van der Waals surface area contributed by atoms with Crippen molar-refractivity contribution in [3.8, 4) is 16.9 Å². The van der Waals surface area contributed by atoms with E-state index >= 15 is 0 Å². The van der Waals surface area contributed by atoms with Gasteiger partial charge in [-0.25, -0.2) is 4.68 Å². The van der Waals surface area contributed by atoms with Crippen molar-refractivity contribution in [3.63, 3.8) is 0 Å². The van der Waals surface area contributed by atoms with E-state index in [9.17, 15) is 9.59 Å². The summed E-state index contributed by atoms with van der Waals surface area (Å²) in [7, 11) is 0. The fraction of sp³-hybridized carbons (Fsp3) is 0.259. The van der Waals surface area contributed by atoms with E-state index in [1.807, 2.05) is 88.4 Å². The molecule has 0 atom stereocenters. The predicted molar refractivity (Wildman–Crippen MR) is 137 cm³/mol. The zero-order valence-corrected chi connectivity index (χ0v) is 20.4. The van der Waals surface area contributed by atoms with Crippen molar-refractivity contribution >= 4 is 17.5 Å². The minimum atomic E-state index is -0.350. The number of amides is 2. The summed E-state index contributed by atoms with van der Waals surface area (Å²) in [6.45, 7) is 8.92. The Kier molecular flexibility index (Phi) is 7.10. The quantitative estimate of drug-likeness (QED) is 0.390. The van der Waals surface area contributed by atoms with E-state index < -0.39 is 0 Å². The molecule has 0 unspecified atom stereocenters. The molecule has 0 saturated heterocycles. The Morgan fingerprint density at radius 3 is 2.23 bits per heavy atom. The van der Waals surface area contributed by atoms with Crippen LogP contribution in [0.15, 0.2) is 66.9 Å². The van der Waals surface area contributed by atoms with Crippen LogP contribution < -0.4 is 10.6 Å². The summed E-state index contributed by atoms with van der Waals surface area (Å²) in [5.41, 5.74) is 3.94. The third kappa shape index (κ3) is 5.16. The minimum Gasteiger partial charge on any atom is -0.350 e. The molecule has 2 heterocycles. The van der Waals surface area contributed by atoms with Crippen LogP contribution in [0.4, 0.5) is 5.69 Å². The molecule has 35 heavy (non-hydrogen) atoms. The lowest BCUT2D eigenvalue weighted by atomic mass is 10.1. The second-order valence-corrected chi connectivity index (χ2v) is 8.73. The van der Waals surface area contributed by atoms with Gasteiger partial charge in [0.1, 0.15) is 5.69 Å². The Morgan fingerprint density at radius 2 is 1.60 bits per heavy atom. The van der Waals surface area contributed by atoms with Crippen molar-refractivity contribution < 1.29 is 9.59 Å². The number of hydrogen-bond acceptors (Lipinski definition) is 4. The van der Waals surface area contributed by atoms with Gasteiger partial charge in [0.05, 0.1) is 22.6 Å². The van der Waals surface area contributed by atoms with E-state index in [4.69, 9.17) is 5.10 Å². The van der Waals surface area contributed by atoms with Gasteiger partial charge in [0.2, 0.25) is 0 Å². The zero-order chi connectivity index (χ0) is 24.9. The summed E-state index contributed by atoms with van der Waals surface area (Å²) in [5.74, 6) is -0.372. The molecular weight excluding hydrogens is 440 g/mol. The van der Waals surface area contributed by atoms with Crippen molar-refractivity contribution in [2.24, 2.45) is 5.92 Å². The monoisotopic (exact) mass is 470 g/mol. The molecule has 2 N–H and O–H groups in total. The molecule has 2 aromatic carbocycles. The lowest BCUT2D eigenvalue weighted by Gasteiger charge is -2.09. The molecule has 0 aliphatic heterocycles. The molecule has 8 heteroatoms. The molecule has 2 amide bonds. The van der Waals surface area contributed by atoms with Gasteiger partial charge >= 0.3 is 0 Å². The van der Waals surface area contributed by atoms with Gasteiger partial charge in [-0.15, -0.1) is 0 Å². The molecule has 0 aliphatic carbocycles. The van der Waals surface area contributed by atoms with Gasteiger partial charge in [-0.05, 0) is 31.9 Å². The van der Waals surface area contributed by atoms with Crippen molar-refractivity contribution in [3.05, 3.63) is 83.8 Å². The first-order chi connectivity index (χ1) is 16.9. The first-order valence-corrected chi connectivity index (χ1v) is 11.8. The number of benzene rings is 2. The predicted octanol–water partition coefficient (Wildman–Crippen LogP) is 4.70. The van der Waals surface area contributed by atoms with Crippen LogP contribution in [0, 0.1) is 12.8 Å². The molecule has 0 fully saturated rings. The Labute approximate surface area is 205 Å². The average molecular weight is 471 g/mol. The molecule has 180 valence electrons. The number of hydrogen-bond donors (Lipinski definition) is 2. The molecule has 0 saturated carbocycles. The standard InChI is InChI=1S/C27H30N6O2/c1-5-32-17-22(25(30-32)27(35)28-16-18(2)3)29-26(34)23-19(4)33(21-14-10-7-11-15-21)31-24(23)20-12-8-6-9-13-20/h6-15,17-18H,5,16H2,1-4H3,(H,28,35)(H,29,34). The second kappa shape index (κ2) is 10.4. The third-order valence-corrected chi connectivity index (χ3v) is 5.61. The topological polar surface area (TPSA) is 93.8 Å². The van der Waals surface area contributed by atoms with Gasteiger partial charge in [-0.3, -0.25) is 14.3 Å². The van der Waals surface area contributed by atoms with Gasteiger partial charge in [0.25, 0.3) is 11.8 Å². The van der Waals surface area contributed by atoms with Crippen LogP contribution in [0.5, 0.6) is 0 Å². The van der Waals surface area contributed by atoms with Crippen LogP contribution in [0.3, 0.4) is 0 Å². The summed E-state index contributed by atoms with van der Waals surface area (Å²) >= 11 is 0. The SMILES string of the molecule is CCn1cc(NC(=O)c2c(-c3ccccc3)nn(-c3ccccc3)c2C)c(C(=O)NCC(C)C)n1. The average Bonchev–Trinajstić information content (AvgIpc) is 3.44. The summed E-state index contributed by atoms with van der Waals surface area (Å²) in [4.78, 5) is 26.5. The van der Waals surface area contributed by atoms with Gasteiger partial charge in [-0.2, -0.15) is 10.2 Å². The van der Waals surface area contributed by atoms with Crippen LogP contribution in [0.25, 0.3) is 16.9 Å². The first-order valence-electron chi connectivity index (χ1n) is 11.8. The highest BCUT2D eigenvalue weighted by atomic mass is 16.2. The van der Waals surface area contributed by atoms with E-state index in [2.05, 4.69) is 15.7 Å². The molecule has 4 rings (SSSR count).